The molecule has 6 nitrogen and oxygen atoms in total. The summed E-state index contributed by atoms with van der Waals surface area (Å²) < 4.78 is 2.99. The number of hydrogen-bond acceptors (Lipinski definition) is 3. The Balaban J connectivity index is 2.09. The molecule has 0 unspecified atom stereocenters. The molecule has 1 N–H and O–H groups in total. The number of imidazole rings is 1. The van der Waals surface area contributed by atoms with E-state index in [1.807, 2.05) is 6.92 Å². The summed E-state index contributed by atoms with van der Waals surface area (Å²) in [5, 5.41) is 0. The van der Waals surface area contributed by atoms with Gasteiger partial charge in [-0.05, 0) is 25.2 Å². The predicted molar refractivity (Wildman–Crippen MR) is 80.3 cm³/mol. The Morgan fingerprint density at radius 1 is 1.24 bits per heavy atom. The lowest BCUT2D eigenvalue weighted by atomic mass is 9.89. The maximum Gasteiger partial charge on any atom is 0.332 e. The summed E-state index contributed by atoms with van der Waals surface area (Å²) in [6.07, 6.45) is 9.40. The molecule has 2 aromatic heterocycles. The van der Waals surface area contributed by atoms with E-state index < -0.39 is 0 Å². The Kier molecular flexibility index (Phi) is 3.94. The van der Waals surface area contributed by atoms with E-state index in [4.69, 9.17) is 0 Å². The van der Waals surface area contributed by atoms with Crippen LogP contribution in [0.25, 0.3) is 11.2 Å². The number of fused-ring (bicyclic) bond motifs is 1. The molecule has 3 rings (SSSR count). The van der Waals surface area contributed by atoms with Crippen LogP contribution in [0.3, 0.4) is 0 Å². The van der Waals surface area contributed by atoms with Gasteiger partial charge in [0, 0.05) is 13.1 Å². The van der Waals surface area contributed by atoms with Crippen LogP contribution in [0.1, 0.15) is 45.4 Å². The average molecular weight is 289 g/mol. The van der Waals surface area contributed by atoms with Gasteiger partial charge >= 0.3 is 5.69 Å². The van der Waals surface area contributed by atoms with E-state index in [2.05, 4.69) is 16.3 Å². The van der Waals surface area contributed by atoms with E-state index in [-0.39, 0.29) is 11.2 Å². The van der Waals surface area contributed by atoms with Crippen LogP contribution in [-0.4, -0.2) is 19.1 Å². The van der Waals surface area contributed by atoms with Gasteiger partial charge in [-0.25, -0.2) is 9.78 Å². The van der Waals surface area contributed by atoms with E-state index in [0.29, 0.717) is 30.2 Å². The standard InChI is InChI=1S/C15H21N4O2/c1-2-8-18-14(20)12-13(17-10-16-12)19(15(18)21)9-11-6-4-3-5-7-11/h11H,2-9H2,1H3,(H,16,17). The van der Waals surface area contributed by atoms with Gasteiger partial charge in [-0.2, -0.15) is 0 Å². The minimum Gasteiger partial charge on any atom is -0.321 e. The van der Waals surface area contributed by atoms with Gasteiger partial charge in [0.25, 0.3) is 5.56 Å². The van der Waals surface area contributed by atoms with Crippen molar-refractivity contribution in [2.75, 3.05) is 0 Å². The van der Waals surface area contributed by atoms with Crippen molar-refractivity contribution in [1.82, 2.24) is 19.1 Å². The van der Waals surface area contributed by atoms with Crippen molar-refractivity contribution in [2.24, 2.45) is 5.92 Å². The number of nitrogens with zero attached hydrogens (tertiary/aromatic N) is 3. The number of nitrogens with one attached hydrogen (secondary N) is 1. The van der Waals surface area contributed by atoms with Crippen molar-refractivity contribution in [3.05, 3.63) is 27.2 Å². The highest BCUT2D eigenvalue weighted by Crippen LogP contribution is 2.25. The summed E-state index contributed by atoms with van der Waals surface area (Å²) in [6, 6.07) is 0. The Morgan fingerprint density at radius 2 is 2.00 bits per heavy atom. The summed E-state index contributed by atoms with van der Waals surface area (Å²) in [5.74, 6) is 0.510. The van der Waals surface area contributed by atoms with E-state index in [1.165, 1.54) is 23.8 Å². The molecule has 6 heteroatoms. The zero-order valence-electron chi connectivity index (χ0n) is 12.4. The minimum absolute atomic E-state index is 0.224. The SMILES string of the molecule is CCCn1c(=O)c2n[c][nH]c2n(CC2CCCCC2)c1=O. The van der Waals surface area contributed by atoms with Crippen LogP contribution in [0.2, 0.25) is 0 Å². The maximum absolute atomic E-state index is 12.6. The van der Waals surface area contributed by atoms with Crippen LogP contribution in [0.4, 0.5) is 0 Å². The fraction of sp³-hybridized carbons (Fsp3) is 0.667. The van der Waals surface area contributed by atoms with Gasteiger partial charge in [0.15, 0.2) is 11.8 Å². The third-order valence-corrected chi connectivity index (χ3v) is 4.36. The maximum atomic E-state index is 12.6. The topological polar surface area (TPSA) is 72.7 Å². The second kappa shape index (κ2) is 5.87. The molecule has 0 bridgehead atoms. The summed E-state index contributed by atoms with van der Waals surface area (Å²) in [4.78, 5) is 31.7. The Labute approximate surface area is 122 Å². The largest absolute Gasteiger partial charge is 0.332 e. The molecule has 1 saturated carbocycles. The minimum atomic E-state index is -0.311. The number of aromatic nitrogens is 4. The molecule has 1 aliphatic rings. The van der Waals surface area contributed by atoms with Gasteiger partial charge in [-0.1, -0.05) is 26.2 Å². The van der Waals surface area contributed by atoms with Gasteiger partial charge in [0.2, 0.25) is 0 Å². The number of aromatic amines is 1. The smallest absolute Gasteiger partial charge is 0.321 e. The highest BCUT2D eigenvalue weighted by atomic mass is 16.2. The molecule has 1 fully saturated rings. The molecule has 0 spiro atoms. The van der Waals surface area contributed by atoms with Crippen LogP contribution < -0.4 is 11.2 Å². The summed E-state index contributed by atoms with van der Waals surface area (Å²) in [7, 11) is 0. The highest BCUT2D eigenvalue weighted by molar-refractivity contribution is 5.68. The first-order valence-corrected chi connectivity index (χ1v) is 7.81. The molecule has 2 heterocycles. The molecule has 0 saturated heterocycles. The highest BCUT2D eigenvalue weighted by Gasteiger charge is 2.19. The van der Waals surface area contributed by atoms with Crippen molar-refractivity contribution in [2.45, 2.75) is 58.5 Å². The second-order valence-corrected chi connectivity index (χ2v) is 5.90. The normalized spacial score (nSPS) is 16.6. The molecule has 0 atom stereocenters. The van der Waals surface area contributed by atoms with E-state index in [1.54, 1.807) is 4.57 Å². The first kappa shape index (κ1) is 14.1. The molecule has 0 aliphatic heterocycles. The van der Waals surface area contributed by atoms with Crippen molar-refractivity contribution < 1.29 is 0 Å². The Morgan fingerprint density at radius 3 is 2.71 bits per heavy atom. The third-order valence-electron chi connectivity index (χ3n) is 4.36. The van der Waals surface area contributed by atoms with Crippen molar-refractivity contribution in [1.29, 1.82) is 0 Å². The number of H-pyrrole nitrogens is 1. The second-order valence-electron chi connectivity index (χ2n) is 5.90. The first-order valence-electron chi connectivity index (χ1n) is 7.81. The average Bonchev–Trinajstić information content (AvgIpc) is 2.99. The summed E-state index contributed by atoms with van der Waals surface area (Å²) in [5.41, 5.74) is 0.300. The fourth-order valence-corrected chi connectivity index (χ4v) is 3.27. The van der Waals surface area contributed by atoms with Crippen LogP contribution in [-0.2, 0) is 13.1 Å². The Hall–Kier alpha value is -1.85. The molecule has 21 heavy (non-hydrogen) atoms. The summed E-state index contributed by atoms with van der Waals surface area (Å²) in [6.45, 7) is 3.05. The van der Waals surface area contributed by atoms with Crippen LogP contribution in [0.15, 0.2) is 9.59 Å². The lowest BCUT2D eigenvalue weighted by Crippen LogP contribution is -2.41. The predicted octanol–water partition coefficient (Wildman–Crippen LogP) is 1.68. The number of rotatable bonds is 4. The van der Waals surface area contributed by atoms with Crippen molar-refractivity contribution in [3.8, 4) is 0 Å². The molecule has 2 aromatic rings. The molecule has 1 aliphatic carbocycles. The quantitative estimate of drug-likeness (QED) is 0.930. The lowest BCUT2D eigenvalue weighted by Gasteiger charge is -2.22. The van der Waals surface area contributed by atoms with Crippen LogP contribution in [0, 0.1) is 12.2 Å². The van der Waals surface area contributed by atoms with Gasteiger partial charge in [0.05, 0.1) is 0 Å². The van der Waals surface area contributed by atoms with Crippen molar-refractivity contribution >= 4 is 11.2 Å². The molecule has 1 radical (unpaired) electrons. The van der Waals surface area contributed by atoms with Gasteiger partial charge in [0.1, 0.15) is 5.65 Å². The summed E-state index contributed by atoms with van der Waals surface area (Å²) >= 11 is 0. The molecule has 113 valence electrons. The van der Waals surface area contributed by atoms with E-state index in [9.17, 15) is 9.59 Å². The molecule has 0 aromatic carbocycles. The van der Waals surface area contributed by atoms with Gasteiger partial charge in [-0.15, -0.1) is 0 Å². The fourth-order valence-electron chi connectivity index (χ4n) is 3.27. The molecular formula is C15H21N4O2. The lowest BCUT2D eigenvalue weighted by molar-refractivity contribution is 0.314. The van der Waals surface area contributed by atoms with Crippen LogP contribution >= 0.6 is 0 Å². The third kappa shape index (κ3) is 2.54. The van der Waals surface area contributed by atoms with Crippen molar-refractivity contribution in [3.63, 3.8) is 0 Å². The van der Waals surface area contributed by atoms with Gasteiger partial charge < -0.3 is 4.98 Å². The zero-order chi connectivity index (χ0) is 14.8. The zero-order valence-corrected chi connectivity index (χ0v) is 12.4. The Bertz CT molecular complexity index is 734. The molecular weight excluding hydrogens is 268 g/mol. The van der Waals surface area contributed by atoms with Crippen LogP contribution in [0.5, 0.6) is 0 Å². The molecule has 0 amide bonds. The van der Waals surface area contributed by atoms with Gasteiger partial charge in [-0.3, -0.25) is 13.9 Å². The van der Waals surface area contributed by atoms with E-state index in [0.717, 1.165) is 19.3 Å². The number of hydrogen-bond donors (Lipinski definition) is 1. The van der Waals surface area contributed by atoms with E-state index >= 15 is 0 Å². The monoisotopic (exact) mass is 289 g/mol. The first-order chi connectivity index (χ1) is 10.2.